The van der Waals surface area contributed by atoms with Crippen LogP contribution in [0.3, 0.4) is 0 Å². The monoisotopic (exact) mass is 221 g/mol. The Morgan fingerprint density at radius 1 is 1.31 bits per heavy atom. The van der Waals surface area contributed by atoms with E-state index < -0.39 is 0 Å². The Labute approximate surface area is 99.0 Å². The van der Waals surface area contributed by atoms with E-state index in [2.05, 4.69) is 44.3 Å². The van der Waals surface area contributed by atoms with E-state index in [4.69, 9.17) is 4.74 Å². The molecule has 0 saturated heterocycles. The van der Waals surface area contributed by atoms with Crippen molar-refractivity contribution in [3.8, 4) is 0 Å². The molecule has 2 heteroatoms. The smallest absolute Gasteiger partial charge is 0.0657 e. The molecule has 0 aromatic heterocycles. The third-order valence-electron chi connectivity index (χ3n) is 2.78. The Morgan fingerprint density at radius 2 is 2.06 bits per heavy atom. The molecule has 1 aromatic rings. The first kappa shape index (κ1) is 13.2. The van der Waals surface area contributed by atoms with E-state index in [0.29, 0.717) is 6.04 Å². The number of aryl methyl sites for hydroxylation is 2. The van der Waals surface area contributed by atoms with Crippen LogP contribution in [0.4, 0.5) is 0 Å². The molecule has 0 bridgehead atoms. The van der Waals surface area contributed by atoms with Crippen LogP contribution in [0.5, 0.6) is 0 Å². The zero-order chi connectivity index (χ0) is 12.0. The second-order valence-corrected chi connectivity index (χ2v) is 4.32. The molecular formula is C14H23NO. The van der Waals surface area contributed by atoms with Crippen LogP contribution in [-0.4, -0.2) is 20.3 Å². The molecule has 0 saturated carbocycles. The molecule has 1 N–H and O–H groups in total. The molecule has 1 rings (SSSR count). The van der Waals surface area contributed by atoms with E-state index in [1.54, 1.807) is 7.11 Å². The number of hydrogen-bond acceptors (Lipinski definition) is 2. The summed E-state index contributed by atoms with van der Waals surface area (Å²) >= 11 is 0. The standard InChI is InChI=1S/C14H23NO/c1-5-8-15-14(10-16-4)13-9-11(2)6-7-12(13)3/h6-7,9,14-15H,5,8,10H2,1-4H3. The lowest BCUT2D eigenvalue weighted by Crippen LogP contribution is -2.26. The van der Waals surface area contributed by atoms with Gasteiger partial charge in [0.25, 0.3) is 0 Å². The van der Waals surface area contributed by atoms with Gasteiger partial charge in [0, 0.05) is 7.11 Å². The fraction of sp³-hybridized carbons (Fsp3) is 0.571. The molecule has 90 valence electrons. The molecule has 1 aromatic carbocycles. The van der Waals surface area contributed by atoms with Crippen LogP contribution >= 0.6 is 0 Å². The lowest BCUT2D eigenvalue weighted by Gasteiger charge is -2.20. The van der Waals surface area contributed by atoms with Gasteiger partial charge in [-0.05, 0) is 37.9 Å². The maximum atomic E-state index is 5.29. The van der Waals surface area contributed by atoms with Crippen LogP contribution in [0.25, 0.3) is 0 Å². The third kappa shape index (κ3) is 3.62. The van der Waals surface area contributed by atoms with Crippen molar-refractivity contribution in [2.45, 2.75) is 33.2 Å². The number of hydrogen-bond donors (Lipinski definition) is 1. The molecule has 0 spiro atoms. The molecule has 0 aliphatic heterocycles. The van der Waals surface area contributed by atoms with E-state index in [1.807, 2.05) is 0 Å². The lowest BCUT2D eigenvalue weighted by atomic mass is 9.99. The first-order valence-electron chi connectivity index (χ1n) is 5.98. The molecule has 1 unspecified atom stereocenters. The molecule has 0 amide bonds. The highest BCUT2D eigenvalue weighted by Crippen LogP contribution is 2.19. The van der Waals surface area contributed by atoms with Gasteiger partial charge in [0.05, 0.1) is 12.6 Å². The summed E-state index contributed by atoms with van der Waals surface area (Å²) in [6.45, 7) is 8.23. The minimum absolute atomic E-state index is 0.310. The third-order valence-corrected chi connectivity index (χ3v) is 2.78. The molecule has 0 aliphatic rings. The summed E-state index contributed by atoms with van der Waals surface area (Å²) in [5, 5.41) is 3.53. The minimum Gasteiger partial charge on any atom is -0.383 e. The number of benzene rings is 1. The van der Waals surface area contributed by atoms with Gasteiger partial charge < -0.3 is 10.1 Å². The summed E-state index contributed by atoms with van der Waals surface area (Å²) in [6, 6.07) is 6.90. The molecular weight excluding hydrogens is 198 g/mol. The lowest BCUT2D eigenvalue weighted by molar-refractivity contribution is 0.167. The average Bonchev–Trinajstić information content (AvgIpc) is 2.28. The van der Waals surface area contributed by atoms with Crippen molar-refractivity contribution in [1.82, 2.24) is 5.32 Å². The van der Waals surface area contributed by atoms with Gasteiger partial charge in [0.15, 0.2) is 0 Å². The number of ether oxygens (including phenoxy) is 1. The van der Waals surface area contributed by atoms with E-state index in [-0.39, 0.29) is 0 Å². The van der Waals surface area contributed by atoms with Crippen LogP contribution in [0.15, 0.2) is 18.2 Å². The van der Waals surface area contributed by atoms with Gasteiger partial charge in [0.2, 0.25) is 0 Å². The van der Waals surface area contributed by atoms with Crippen molar-refractivity contribution in [1.29, 1.82) is 0 Å². The first-order valence-corrected chi connectivity index (χ1v) is 5.98. The normalized spacial score (nSPS) is 12.8. The minimum atomic E-state index is 0.310. The maximum Gasteiger partial charge on any atom is 0.0657 e. The predicted octanol–water partition coefficient (Wildman–Crippen LogP) is 2.99. The summed E-state index contributed by atoms with van der Waals surface area (Å²) in [6.07, 6.45) is 1.14. The molecule has 16 heavy (non-hydrogen) atoms. The Kier molecular flexibility index (Phi) is 5.50. The van der Waals surface area contributed by atoms with Crippen LogP contribution < -0.4 is 5.32 Å². The van der Waals surface area contributed by atoms with Crippen LogP contribution in [0.2, 0.25) is 0 Å². The van der Waals surface area contributed by atoms with Gasteiger partial charge in [-0.3, -0.25) is 0 Å². The number of methoxy groups -OCH3 is 1. The van der Waals surface area contributed by atoms with Gasteiger partial charge in [-0.2, -0.15) is 0 Å². The van der Waals surface area contributed by atoms with E-state index >= 15 is 0 Å². The topological polar surface area (TPSA) is 21.3 Å². The van der Waals surface area contributed by atoms with E-state index in [0.717, 1.165) is 19.6 Å². The number of nitrogens with one attached hydrogen (secondary N) is 1. The molecule has 2 nitrogen and oxygen atoms in total. The average molecular weight is 221 g/mol. The summed E-state index contributed by atoms with van der Waals surface area (Å²) in [5.74, 6) is 0. The van der Waals surface area contributed by atoms with Crippen LogP contribution in [0, 0.1) is 13.8 Å². The van der Waals surface area contributed by atoms with Gasteiger partial charge in [-0.15, -0.1) is 0 Å². The maximum absolute atomic E-state index is 5.29. The van der Waals surface area contributed by atoms with Gasteiger partial charge in [0.1, 0.15) is 0 Å². The van der Waals surface area contributed by atoms with Gasteiger partial charge in [-0.25, -0.2) is 0 Å². The van der Waals surface area contributed by atoms with Crippen molar-refractivity contribution >= 4 is 0 Å². The Bertz CT molecular complexity index is 323. The first-order chi connectivity index (χ1) is 7.69. The predicted molar refractivity (Wildman–Crippen MR) is 68.8 cm³/mol. The second kappa shape index (κ2) is 6.66. The SMILES string of the molecule is CCCNC(COC)c1cc(C)ccc1C. The van der Waals surface area contributed by atoms with Crippen molar-refractivity contribution in [2.24, 2.45) is 0 Å². The largest absolute Gasteiger partial charge is 0.383 e. The Morgan fingerprint density at radius 3 is 2.69 bits per heavy atom. The molecule has 0 heterocycles. The fourth-order valence-corrected chi connectivity index (χ4v) is 1.88. The van der Waals surface area contributed by atoms with Crippen LogP contribution in [0.1, 0.15) is 36.1 Å². The highest BCUT2D eigenvalue weighted by molar-refractivity contribution is 5.33. The van der Waals surface area contributed by atoms with E-state index in [9.17, 15) is 0 Å². The second-order valence-electron chi connectivity index (χ2n) is 4.32. The van der Waals surface area contributed by atoms with Gasteiger partial charge >= 0.3 is 0 Å². The highest BCUT2D eigenvalue weighted by Gasteiger charge is 2.12. The fourth-order valence-electron chi connectivity index (χ4n) is 1.88. The number of rotatable bonds is 6. The highest BCUT2D eigenvalue weighted by atomic mass is 16.5. The van der Waals surface area contributed by atoms with E-state index in [1.165, 1.54) is 16.7 Å². The molecule has 1 atom stereocenters. The van der Waals surface area contributed by atoms with Crippen molar-refractivity contribution in [3.63, 3.8) is 0 Å². The molecule has 0 radical (unpaired) electrons. The van der Waals surface area contributed by atoms with Crippen LogP contribution in [-0.2, 0) is 4.74 Å². The summed E-state index contributed by atoms with van der Waals surface area (Å²) in [4.78, 5) is 0. The summed E-state index contributed by atoms with van der Waals surface area (Å²) in [7, 11) is 1.76. The quantitative estimate of drug-likeness (QED) is 0.797. The molecule has 0 fully saturated rings. The van der Waals surface area contributed by atoms with Crippen molar-refractivity contribution in [2.75, 3.05) is 20.3 Å². The van der Waals surface area contributed by atoms with Gasteiger partial charge in [-0.1, -0.05) is 30.7 Å². The zero-order valence-corrected chi connectivity index (χ0v) is 10.8. The summed E-state index contributed by atoms with van der Waals surface area (Å²) in [5.41, 5.74) is 3.99. The molecule has 0 aliphatic carbocycles. The van der Waals surface area contributed by atoms with Crippen molar-refractivity contribution in [3.05, 3.63) is 34.9 Å². The zero-order valence-electron chi connectivity index (χ0n) is 10.8. The Hall–Kier alpha value is -0.860. The van der Waals surface area contributed by atoms with Crippen molar-refractivity contribution < 1.29 is 4.74 Å². The Balaban J connectivity index is 2.85. The summed E-state index contributed by atoms with van der Waals surface area (Å²) < 4.78 is 5.29.